The third-order valence-corrected chi connectivity index (χ3v) is 6.07. The van der Waals surface area contributed by atoms with Crippen LogP contribution in [0.3, 0.4) is 0 Å². The molecule has 3 aromatic carbocycles. The van der Waals surface area contributed by atoms with Gasteiger partial charge in [0.05, 0.1) is 23.5 Å². The minimum atomic E-state index is -0.635. The number of halogens is 1. The van der Waals surface area contributed by atoms with Crippen molar-refractivity contribution in [2.45, 2.75) is 27.2 Å². The van der Waals surface area contributed by atoms with Crippen LogP contribution in [0, 0.1) is 13.8 Å². The lowest BCUT2D eigenvalue weighted by Crippen LogP contribution is -2.32. The van der Waals surface area contributed by atoms with E-state index in [1.807, 2.05) is 26.8 Å². The Balaban J connectivity index is 1.53. The fourth-order valence-corrected chi connectivity index (χ4v) is 4.26. The molecule has 3 aromatic rings. The highest BCUT2D eigenvalue weighted by atomic mass is 35.5. The van der Waals surface area contributed by atoms with Crippen molar-refractivity contribution in [3.63, 3.8) is 0 Å². The Hall–Kier alpha value is -4.43. The van der Waals surface area contributed by atoms with E-state index in [1.165, 1.54) is 6.07 Å². The van der Waals surface area contributed by atoms with Crippen LogP contribution in [0.2, 0.25) is 0 Å². The summed E-state index contributed by atoms with van der Waals surface area (Å²) in [6, 6.07) is 18.3. The summed E-state index contributed by atoms with van der Waals surface area (Å²) in [5.41, 5.74) is 3.32. The number of nitrogens with zero attached hydrogens (tertiary/aromatic N) is 1. The van der Waals surface area contributed by atoms with E-state index in [4.69, 9.17) is 16.3 Å². The largest absolute Gasteiger partial charge is 0.462 e. The number of carbonyl (C=O) groups is 4. The predicted octanol–water partition coefficient (Wildman–Crippen LogP) is 5.56. The summed E-state index contributed by atoms with van der Waals surface area (Å²) in [6.45, 7) is 5.91. The van der Waals surface area contributed by atoms with Crippen molar-refractivity contribution in [3.05, 3.63) is 99.7 Å². The standard InChI is InChI=1S/C29H26ClN3O5/c1-4-12-38-29(37)22-10-5-6-11-23(22)32-26(34)19-8-7-9-20(16-19)31-25-24(30)27(35)33(28(25)36)21-14-17(2)13-18(3)15-21/h5-11,13-16,31H,4,12H2,1-3H3,(H,32,34). The zero-order chi connectivity index (χ0) is 27.4. The monoisotopic (exact) mass is 531 g/mol. The molecule has 0 bridgehead atoms. The van der Waals surface area contributed by atoms with Gasteiger partial charge in [-0.25, -0.2) is 9.69 Å². The van der Waals surface area contributed by atoms with Gasteiger partial charge in [0.15, 0.2) is 0 Å². The van der Waals surface area contributed by atoms with Crippen LogP contribution in [0.4, 0.5) is 17.1 Å². The average molecular weight is 532 g/mol. The van der Waals surface area contributed by atoms with Crippen LogP contribution < -0.4 is 15.5 Å². The quantitative estimate of drug-likeness (QED) is 0.291. The molecule has 0 aromatic heterocycles. The summed E-state index contributed by atoms with van der Waals surface area (Å²) in [7, 11) is 0. The number of nitrogens with one attached hydrogen (secondary N) is 2. The Kier molecular flexibility index (Phi) is 7.93. The van der Waals surface area contributed by atoms with E-state index < -0.39 is 23.7 Å². The third-order valence-electron chi connectivity index (χ3n) is 5.72. The van der Waals surface area contributed by atoms with Gasteiger partial charge < -0.3 is 15.4 Å². The van der Waals surface area contributed by atoms with Gasteiger partial charge in [-0.05, 0) is 73.9 Å². The lowest BCUT2D eigenvalue weighted by molar-refractivity contribution is -0.120. The number of imide groups is 1. The maximum absolute atomic E-state index is 13.2. The molecule has 4 rings (SSSR count). The molecule has 0 aliphatic carbocycles. The van der Waals surface area contributed by atoms with Gasteiger partial charge in [0.2, 0.25) is 0 Å². The van der Waals surface area contributed by atoms with Gasteiger partial charge in [-0.1, -0.05) is 42.8 Å². The molecule has 1 aliphatic rings. The van der Waals surface area contributed by atoms with Gasteiger partial charge in [-0.3, -0.25) is 14.4 Å². The van der Waals surface area contributed by atoms with Crippen molar-refractivity contribution in [1.82, 2.24) is 0 Å². The van der Waals surface area contributed by atoms with Crippen LogP contribution in [0.15, 0.2) is 77.5 Å². The van der Waals surface area contributed by atoms with E-state index in [-0.39, 0.29) is 28.5 Å². The molecule has 3 amide bonds. The molecule has 8 nitrogen and oxygen atoms in total. The molecule has 0 radical (unpaired) electrons. The van der Waals surface area contributed by atoms with Crippen LogP contribution in [-0.4, -0.2) is 30.3 Å². The van der Waals surface area contributed by atoms with E-state index in [0.29, 0.717) is 23.5 Å². The first-order valence-electron chi connectivity index (χ1n) is 12.0. The number of amides is 3. The molecule has 0 unspecified atom stereocenters. The zero-order valence-electron chi connectivity index (χ0n) is 21.1. The summed E-state index contributed by atoms with van der Waals surface area (Å²) in [5.74, 6) is -2.24. The molecule has 0 saturated heterocycles. The second kappa shape index (κ2) is 11.3. The summed E-state index contributed by atoms with van der Waals surface area (Å²) in [5, 5.41) is 5.38. The Labute approximate surface area is 225 Å². The molecule has 194 valence electrons. The highest BCUT2D eigenvalue weighted by molar-refractivity contribution is 6.53. The Morgan fingerprint density at radius 2 is 1.63 bits per heavy atom. The predicted molar refractivity (Wildman–Crippen MR) is 146 cm³/mol. The number of benzene rings is 3. The molecule has 0 fully saturated rings. The van der Waals surface area contributed by atoms with Crippen molar-refractivity contribution >= 4 is 52.4 Å². The Morgan fingerprint density at radius 1 is 0.921 bits per heavy atom. The van der Waals surface area contributed by atoms with Gasteiger partial charge in [0.1, 0.15) is 10.7 Å². The lowest BCUT2D eigenvalue weighted by Gasteiger charge is -2.16. The minimum absolute atomic E-state index is 0.0857. The number of aryl methyl sites for hydroxylation is 2. The van der Waals surface area contributed by atoms with E-state index in [0.717, 1.165) is 16.0 Å². The smallest absolute Gasteiger partial charge is 0.340 e. The minimum Gasteiger partial charge on any atom is -0.462 e. The van der Waals surface area contributed by atoms with Crippen molar-refractivity contribution in [3.8, 4) is 0 Å². The first-order valence-corrected chi connectivity index (χ1v) is 12.4. The molecule has 0 saturated carbocycles. The normalized spacial score (nSPS) is 13.1. The van der Waals surface area contributed by atoms with Crippen LogP contribution >= 0.6 is 11.6 Å². The fraction of sp³-hybridized carbons (Fsp3) is 0.172. The molecule has 1 aliphatic heterocycles. The lowest BCUT2D eigenvalue weighted by atomic mass is 10.1. The van der Waals surface area contributed by atoms with E-state index >= 15 is 0 Å². The molecule has 9 heteroatoms. The second-order valence-electron chi connectivity index (χ2n) is 8.82. The molecule has 0 spiro atoms. The van der Waals surface area contributed by atoms with E-state index in [1.54, 1.807) is 54.6 Å². The summed E-state index contributed by atoms with van der Waals surface area (Å²) in [4.78, 5) is 52.4. The molecule has 0 atom stereocenters. The number of para-hydroxylation sites is 1. The second-order valence-corrected chi connectivity index (χ2v) is 9.20. The SMILES string of the molecule is CCCOC(=O)c1ccccc1NC(=O)c1cccc(NC2=C(Cl)C(=O)N(c3cc(C)cc(C)c3)C2=O)c1. The van der Waals surface area contributed by atoms with E-state index in [2.05, 4.69) is 10.6 Å². The van der Waals surface area contributed by atoms with Gasteiger partial charge in [0, 0.05) is 11.3 Å². The topological polar surface area (TPSA) is 105 Å². The first-order chi connectivity index (χ1) is 18.2. The number of carbonyl (C=O) groups excluding carboxylic acids is 4. The number of hydrogen-bond acceptors (Lipinski definition) is 6. The fourth-order valence-electron chi connectivity index (χ4n) is 4.05. The highest BCUT2D eigenvalue weighted by Gasteiger charge is 2.39. The van der Waals surface area contributed by atoms with Crippen LogP contribution in [0.5, 0.6) is 0 Å². The molecule has 1 heterocycles. The van der Waals surface area contributed by atoms with Crippen LogP contribution in [-0.2, 0) is 14.3 Å². The molecular weight excluding hydrogens is 506 g/mol. The van der Waals surface area contributed by atoms with Gasteiger partial charge in [-0.15, -0.1) is 0 Å². The van der Waals surface area contributed by atoms with Crippen LogP contribution in [0.25, 0.3) is 0 Å². The average Bonchev–Trinajstić information content (AvgIpc) is 3.10. The third kappa shape index (κ3) is 5.60. The summed E-state index contributed by atoms with van der Waals surface area (Å²) < 4.78 is 5.20. The van der Waals surface area contributed by atoms with Crippen molar-refractivity contribution in [2.24, 2.45) is 0 Å². The molecule has 38 heavy (non-hydrogen) atoms. The first kappa shape index (κ1) is 26.6. The number of rotatable bonds is 8. The van der Waals surface area contributed by atoms with E-state index in [9.17, 15) is 19.2 Å². The van der Waals surface area contributed by atoms with Gasteiger partial charge >= 0.3 is 5.97 Å². The number of anilines is 3. The van der Waals surface area contributed by atoms with Crippen LogP contribution in [0.1, 0.15) is 45.2 Å². The van der Waals surface area contributed by atoms with Gasteiger partial charge in [0.25, 0.3) is 17.7 Å². The summed E-state index contributed by atoms with van der Waals surface area (Å²) in [6.07, 6.45) is 0.678. The maximum atomic E-state index is 13.2. The molecule has 2 N–H and O–H groups in total. The van der Waals surface area contributed by atoms with Gasteiger partial charge in [-0.2, -0.15) is 0 Å². The number of ether oxygens (including phenoxy) is 1. The number of hydrogen-bond donors (Lipinski definition) is 2. The highest BCUT2D eigenvalue weighted by Crippen LogP contribution is 2.31. The van der Waals surface area contributed by atoms with Crippen molar-refractivity contribution in [2.75, 3.05) is 22.1 Å². The zero-order valence-corrected chi connectivity index (χ0v) is 21.9. The Morgan fingerprint density at radius 3 is 2.34 bits per heavy atom. The number of esters is 1. The maximum Gasteiger partial charge on any atom is 0.340 e. The molecular formula is C29H26ClN3O5. The van der Waals surface area contributed by atoms with Crippen molar-refractivity contribution in [1.29, 1.82) is 0 Å². The Bertz CT molecular complexity index is 1460. The summed E-state index contributed by atoms with van der Waals surface area (Å²) >= 11 is 6.27. The van der Waals surface area contributed by atoms with Crippen molar-refractivity contribution < 1.29 is 23.9 Å².